The summed E-state index contributed by atoms with van der Waals surface area (Å²) in [7, 11) is 0. The fourth-order valence-electron chi connectivity index (χ4n) is 3.29. The second kappa shape index (κ2) is 4.88. The van der Waals surface area contributed by atoms with E-state index in [1.165, 1.54) is 32.1 Å². The summed E-state index contributed by atoms with van der Waals surface area (Å²) in [6.45, 7) is 0.904. The summed E-state index contributed by atoms with van der Waals surface area (Å²) in [5.41, 5.74) is 0.179. The van der Waals surface area contributed by atoms with Crippen LogP contribution in [0.15, 0.2) is 12.3 Å². The molecule has 94 valence electrons. The Morgan fingerprint density at radius 2 is 2.18 bits per heavy atom. The first-order valence-corrected chi connectivity index (χ1v) is 7.70. The highest BCUT2D eigenvalue weighted by atomic mass is 127. The van der Waals surface area contributed by atoms with Gasteiger partial charge in [0, 0.05) is 12.8 Å². The molecule has 3 rings (SSSR count). The maximum Gasteiger partial charge on any atom is 0.123 e. The molecule has 2 heterocycles. The van der Waals surface area contributed by atoms with Gasteiger partial charge in [0.25, 0.3) is 0 Å². The fraction of sp³-hybridized carbons (Fsp3) is 0.769. The molecule has 1 saturated heterocycles. The molecule has 1 aliphatic heterocycles. The van der Waals surface area contributed by atoms with Crippen molar-refractivity contribution in [2.24, 2.45) is 0 Å². The van der Waals surface area contributed by atoms with E-state index in [4.69, 9.17) is 4.74 Å². The lowest BCUT2D eigenvalue weighted by molar-refractivity contribution is -0.115. The highest BCUT2D eigenvalue weighted by Gasteiger charge is 2.39. The van der Waals surface area contributed by atoms with Crippen molar-refractivity contribution >= 4 is 22.6 Å². The van der Waals surface area contributed by atoms with E-state index in [0.29, 0.717) is 6.04 Å². The monoisotopic (exact) mass is 346 g/mol. The number of aromatic nitrogens is 2. The van der Waals surface area contributed by atoms with Crippen LogP contribution in [0.4, 0.5) is 0 Å². The SMILES string of the molecule is Ic1ccn(C2CCOC3(CCCCC3)C2)n1. The van der Waals surface area contributed by atoms with Crippen LogP contribution in [0.3, 0.4) is 0 Å². The maximum absolute atomic E-state index is 6.12. The molecule has 0 amide bonds. The van der Waals surface area contributed by atoms with Crippen molar-refractivity contribution in [2.75, 3.05) is 6.61 Å². The van der Waals surface area contributed by atoms with Gasteiger partial charge in [-0.1, -0.05) is 19.3 Å². The number of hydrogen-bond acceptors (Lipinski definition) is 2. The van der Waals surface area contributed by atoms with Crippen LogP contribution >= 0.6 is 22.6 Å². The summed E-state index contributed by atoms with van der Waals surface area (Å²) in [5, 5.41) is 4.56. The van der Waals surface area contributed by atoms with E-state index < -0.39 is 0 Å². The first kappa shape index (κ1) is 12.0. The second-order valence-corrected chi connectivity index (χ2v) is 6.46. The quantitative estimate of drug-likeness (QED) is 0.728. The Bertz CT molecular complexity index is 379. The molecular weight excluding hydrogens is 327 g/mol. The van der Waals surface area contributed by atoms with Crippen LogP contribution in [0.25, 0.3) is 0 Å². The molecule has 2 fully saturated rings. The van der Waals surface area contributed by atoms with Crippen molar-refractivity contribution < 1.29 is 4.74 Å². The molecule has 0 N–H and O–H groups in total. The molecule has 1 aromatic rings. The van der Waals surface area contributed by atoms with E-state index in [9.17, 15) is 0 Å². The minimum absolute atomic E-state index is 0.179. The molecule has 1 atom stereocenters. The lowest BCUT2D eigenvalue weighted by Gasteiger charge is -2.43. The van der Waals surface area contributed by atoms with E-state index in [1.54, 1.807) is 0 Å². The van der Waals surface area contributed by atoms with E-state index in [1.807, 2.05) is 0 Å². The molecule has 4 heteroatoms. The topological polar surface area (TPSA) is 27.1 Å². The zero-order chi connectivity index (χ0) is 11.7. The number of hydrogen-bond donors (Lipinski definition) is 0. The molecule has 1 aliphatic carbocycles. The van der Waals surface area contributed by atoms with Crippen LogP contribution in [0.1, 0.15) is 51.0 Å². The molecule has 2 aliphatic rings. The third-order valence-corrected chi connectivity index (χ3v) is 4.76. The predicted octanol–water partition coefficient (Wildman–Crippen LogP) is 3.54. The fourth-order valence-corrected chi connectivity index (χ4v) is 3.70. The standard InChI is InChI=1S/C13H19IN2O/c14-12-4-8-16(15-12)11-5-9-17-13(10-11)6-2-1-3-7-13/h4,8,11H,1-3,5-7,9-10H2. The van der Waals surface area contributed by atoms with Crippen molar-refractivity contribution in [3.8, 4) is 0 Å². The molecule has 1 aromatic heterocycles. The molecule has 0 aromatic carbocycles. The van der Waals surface area contributed by atoms with Crippen molar-refractivity contribution in [1.29, 1.82) is 0 Å². The molecule has 3 nitrogen and oxygen atoms in total. The summed E-state index contributed by atoms with van der Waals surface area (Å²) < 4.78 is 9.36. The van der Waals surface area contributed by atoms with Gasteiger partial charge in [-0.05, 0) is 54.3 Å². The molecule has 1 unspecified atom stereocenters. The minimum Gasteiger partial charge on any atom is -0.375 e. The van der Waals surface area contributed by atoms with E-state index in [2.05, 4.69) is 44.6 Å². The summed E-state index contributed by atoms with van der Waals surface area (Å²) in [6.07, 6.45) is 10.9. The average Bonchev–Trinajstić information content (AvgIpc) is 2.77. The van der Waals surface area contributed by atoms with Gasteiger partial charge < -0.3 is 4.74 Å². The lowest BCUT2D eigenvalue weighted by atomic mass is 9.78. The van der Waals surface area contributed by atoms with Crippen LogP contribution in [-0.2, 0) is 4.74 Å². The van der Waals surface area contributed by atoms with Crippen LogP contribution in [0, 0.1) is 3.70 Å². The smallest absolute Gasteiger partial charge is 0.123 e. The molecular formula is C13H19IN2O. The third-order valence-electron chi connectivity index (χ3n) is 4.18. The summed E-state index contributed by atoms with van der Waals surface area (Å²) >= 11 is 2.28. The van der Waals surface area contributed by atoms with Gasteiger partial charge >= 0.3 is 0 Å². The molecule has 0 bridgehead atoms. The molecule has 0 radical (unpaired) electrons. The Kier molecular flexibility index (Phi) is 3.43. The van der Waals surface area contributed by atoms with Crippen LogP contribution in [0.2, 0.25) is 0 Å². The van der Waals surface area contributed by atoms with E-state index >= 15 is 0 Å². The van der Waals surface area contributed by atoms with Crippen molar-refractivity contribution in [2.45, 2.75) is 56.6 Å². The lowest BCUT2D eigenvalue weighted by Crippen LogP contribution is -2.42. The number of halogens is 1. The Labute approximate surface area is 116 Å². The molecule has 1 spiro atoms. The normalized spacial score (nSPS) is 28.4. The van der Waals surface area contributed by atoms with Gasteiger partial charge in [0.15, 0.2) is 0 Å². The zero-order valence-corrected chi connectivity index (χ0v) is 12.2. The number of ether oxygens (including phenoxy) is 1. The van der Waals surface area contributed by atoms with Gasteiger partial charge in [0.2, 0.25) is 0 Å². The van der Waals surface area contributed by atoms with Crippen LogP contribution in [0.5, 0.6) is 0 Å². The van der Waals surface area contributed by atoms with Crippen LogP contribution in [-0.4, -0.2) is 22.0 Å². The van der Waals surface area contributed by atoms with Gasteiger partial charge in [-0.25, -0.2) is 0 Å². The van der Waals surface area contributed by atoms with Gasteiger partial charge in [-0.2, -0.15) is 5.10 Å². The Morgan fingerprint density at radius 1 is 1.35 bits per heavy atom. The Balaban J connectivity index is 1.74. The molecule has 17 heavy (non-hydrogen) atoms. The van der Waals surface area contributed by atoms with Gasteiger partial charge in [0.05, 0.1) is 11.6 Å². The van der Waals surface area contributed by atoms with Crippen molar-refractivity contribution in [3.05, 3.63) is 16.0 Å². The third kappa shape index (κ3) is 2.52. The summed E-state index contributed by atoms with van der Waals surface area (Å²) in [4.78, 5) is 0. The van der Waals surface area contributed by atoms with E-state index in [0.717, 1.165) is 23.1 Å². The highest BCUT2D eigenvalue weighted by molar-refractivity contribution is 14.1. The summed E-state index contributed by atoms with van der Waals surface area (Å²) in [6, 6.07) is 2.63. The highest BCUT2D eigenvalue weighted by Crippen LogP contribution is 2.42. The number of rotatable bonds is 1. The number of nitrogens with zero attached hydrogens (tertiary/aromatic N) is 2. The average molecular weight is 346 g/mol. The first-order valence-electron chi connectivity index (χ1n) is 6.62. The van der Waals surface area contributed by atoms with Gasteiger partial charge in [-0.3, -0.25) is 4.68 Å². The maximum atomic E-state index is 6.12. The van der Waals surface area contributed by atoms with Crippen LogP contribution < -0.4 is 0 Å². The van der Waals surface area contributed by atoms with Gasteiger partial charge in [-0.15, -0.1) is 0 Å². The predicted molar refractivity (Wildman–Crippen MR) is 75.0 cm³/mol. The second-order valence-electron chi connectivity index (χ2n) is 5.36. The minimum atomic E-state index is 0.179. The molecule has 1 saturated carbocycles. The summed E-state index contributed by atoms with van der Waals surface area (Å²) in [5.74, 6) is 0. The van der Waals surface area contributed by atoms with Crippen molar-refractivity contribution in [3.63, 3.8) is 0 Å². The van der Waals surface area contributed by atoms with Gasteiger partial charge in [0.1, 0.15) is 3.70 Å². The Morgan fingerprint density at radius 3 is 2.88 bits per heavy atom. The Hall–Kier alpha value is -0.100. The van der Waals surface area contributed by atoms with E-state index in [-0.39, 0.29) is 5.60 Å². The largest absolute Gasteiger partial charge is 0.375 e. The van der Waals surface area contributed by atoms with Crippen molar-refractivity contribution in [1.82, 2.24) is 9.78 Å². The first-order chi connectivity index (χ1) is 8.27. The zero-order valence-electron chi connectivity index (χ0n) is 10.1.